The number of aliphatic imine (C=N–C) groups is 1. The zero-order valence-electron chi connectivity index (χ0n) is 16.6. The highest BCUT2D eigenvalue weighted by molar-refractivity contribution is 6.30. The molecular weight excluding hydrogens is 376 g/mol. The minimum atomic E-state index is -0.225. The first-order valence-electron chi connectivity index (χ1n) is 10.1. The van der Waals surface area contributed by atoms with E-state index < -0.39 is 0 Å². The van der Waals surface area contributed by atoms with Crippen molar-refractivity contribution in [2.75, 3.05) is 39.9 Å². The number of nitrogens with one attached hydrogen (secondary N) is 1. The number of primary amides is 1. The van der Waals surface area contributed by atoms with Crippen molar-refractivity contribution >= 4 is 23.5 Å². The van der Waals surface area contributed by atoms with Crippen LogP contribution in [0.1, 0.15) is 37.7 Å². The number of piperidine rings is 1. The van der Waals surface area contributed by atoms with E-state index in [-0.39, 0.29) is 11.3 Å². The molecule has 7 heteroatoms. The van der Waals surface area contributed by atoms with Crippen molar-refractivity contribution in [1.82, 2.24) is 10.2 Å². The summed E-state index contributed by atoms with van der Waals surface area (Å²) in [6.45, 7) is 4.03. The molecule has 0 spiro atoms. The van der Waals surface area contributed by atoms with E-state index in [1.165, 1.54) is 5.56 Å². The lowest BCUT2D eigenvalue weighted by molar-refractivity contribution is -0.119. The van der Waals surface area contributed by atoms with E-state index in [9.17, 15) is 4.79 Å². The third-order valence-electron chi connectivity index (χ3n) is 5.99. The lowest BCUT2D eigenvalue weighted by Crippen LogP contribution is -2.51. The van der Waals surface area contributed by atoms with Gasteiger partial charge in [0.25, 0.3) is 0 Å². The number of nitrogens with two attached hydrogens (primary N) is 1. The maximum Gasteiger partial charge on any atom is 0.217 e. The van der Waals surface area contributed by atoms with Gasteiger partial charge in [-0.15, -0.1) is 0 Å². The second-order valence-corrected chi connectivity index (χ2v) is 8.36. The fraction of sp³-hybridized carbons (Fsp3) is 0.619. The van der Waals surface area contributed by atoms with Crippen molar-refractivity contribution in [2.24, 2.45) is 16.6 Å². The maximum atomic E-state index is 11.3. The fourth-order valence-corrected chi connectivity index (χ4v) is 4.63. The molecule has 2 fully saturated rings. The number of carbonyl (C=O) groups is 1. The average molecular weight is 407 g/mol. The molecular formula is C21H31ClN4O2. The van der Waals surface area contributed by atoms with Crippen LogP contribution in [0.4, 0.5) is 0 Å². The summed E-state index contributed by atoms with van der Waals surface area (Å²) in [5.74, 6) is 0.966. The molecule has 1 aromatic carbocycles. The normalized spacial score (nSPS) is 22.7. The van der Waals surface area contributed by atoms with Gasteiger partial charge in [-0.2, -0.15) is 0 Å². The predicted octanol–water partition coefficient (Wildman–Crippen LogP) is 2.55. The second-order valence-electron chi connectivity index (χ2n) is 7.93. The minimum Gasteiger partial charge on any atom is -0.381 e. The Hall–Kier alpha value is -1.79. The van der Waals surface area contributed by atoms with Gasteiger partial charge in [-0.3, -0.25) is 9.79 Å². The summed E-state index contributed by atoms with van der Waals surface area (Å²) < 4.78 is 5.63. The van der Waals surface area contributed by atoms with Gasteiger partial charge < -0.3 is 20.7 Å². The maximum absolute atomic E-state index is 11.3. The number of guanidine groups is 1. The number of ether oxygens (including phenoxy) is 1. The van der Waals surface area contributed by atoms with Crippen LogP contribution < -0.4 is 11.1 Å². The summed E-state index contributed by atoms with van der Waals surface area (Å²) in [5.41, 5.74) is 6.62. The highest BCUT2D eigenvalue weighted by Gasteiger charge is 2.35. The Bertz CT molecular complexity index is 703. The van der Waals surface area contributed by atoms with Crippen LogP contribution in [0, 0.1) is 5.92 Å². The minimum absolute atomic E-state index is 0.0263. The van der Waals surface area contributed by atoms with Crippen LogP contribution in [-0.2, 0) is 14.9 Å². The monoisotopic (exact) mass is 406 g/mol. The number of likely N-dealkylation sites (tertiary alicyclic amines) is 1. The van der Waals surface area contributed by atoms with Gasteiger partial charge in [-0.05, 0) is 49.3 Å². The number of benzene rings is 1. The number of carbonyl (C=O) groups excluding carboxylic acids is 1. The third-order valence-corrected chi connectivity index (χ3v) is 6.23. The molecule has 154 valence electrons. The summed E-state index contributed by atoms with van der Waals surface area (Å²) in [6.07, 6.45) is 4.42. The summed E-state index contributed by atoms with van der Waals surface area (Å²) in [5, 5.41) is 4.36. The molecule has 2 aliphatic rings. The van der Waals surface area contributed by atoms with Gasteiger partial charge in [0.15, 0.2) is 5.96 Å². The van der Waals surface area contributed by atoms with Crippen LogP contribution in [0.2, 0.25) is 5.02 Å². The van der Waals surface area contributed by atoms with E-state index in [1.54, 1.807) is 0 Å². The summed E-state index contributed by atoms with van der Waals surface area (Å²) in [4.78, 5) is 18.1. The molecule has 2 saturated heterocycles. The number of halogens is 1. The van der Waals surface area contributed by atoms with Crippen LogP contribution >= 0.6 is 11.6 Å². The Morgan fingerprint density at radius 3 is 2.89 bits per heavy atom. The molecule has 0 aliphatic carbocycles. The molecule has 3 rings (SSSR count). The molecule has 2 aliphatic heterocycles. The van der Waals surface area contributed by atoms with Crippen molar-refractivity contribution in [3.63, 3.8) is 0 Å². The largest absolute Gasteiger partial charge is 0.381 e. The van der Waals surface area contributed by atoms with Gasteiger partial charge in [0.1, 0.15) is 0 Å². The van der Waals surface area contributed by atoms with E-state index in [0.717, 1.165) is 69.5 Å². The highest BCUT2D eigenvalue weighted by atomic mass is 35.5. The summed E-state index contributed by atoms with van der Waals surface area (Å²) >= 11 is 6.27. The van der Waals surface area contributed by atoms with Crippen LogP contribution in [0.5, 0.6) is 0 Å². The molecule has 1 amide bonds. The highest BCUT2D eigenvalue weighted by Crippen LogP contribution is 2.35. The lowest BCUT2D eigenvalue weighted by atomic mass is 9.74. The van der Waals surface area contributed by atoms with Crippen molar-refractivity contribution in [3.8, 4) is 0 Å². The number of hydrogen-bond donors (Lipinski definition) is 2. The Balaban J connectivity index is 1.70. The van der Waals surface area contributed by atoms with Gasteiger partial charge in [0.05, 0.1) is 0 Å². The van der Waals surface area contributed by atoms with Crippen molar-refractivity contribution < 1.29 is 9.53 Å². The molecule has 2 heterocycles. The molecule has 1 aromatic rings. The number of rotatable bonds is 5. The molecule has 28 heavy (non-hydrogen) atoms. The zero-order valence-corrected chi connectivity index (χ0v) is 17.4. The molecule has 6 nitrogen and oxygen atoms in total. The molecule has 0 radical (unpaired) electrons. The SMILES string of the molecule is CN=C(NCC1(c2cccc(Cl)c2)CCOCC1)N1CCCC(CC(N)=O)C1. The van der Waals surface area contributed by atoms with E-state index >= 15 is 0 Å². The Labute approximate surface area is 172 Å². The molecule has 1 atom stereocenters. The molecule has 1 unspecified atom stereocenters. The quantitative estimate of drug-likeness (QED) is 0.581. The first-order valence-corrected chi connectivity index (χ1v) is 10.5. The van der Waals surface area contributed by atoms with Crippen LogP contribution in [0.15, 0.2) is 29.3 Å². The van der Waals surface area contributed by atoms with Crippen molar-refractivity contribution in [2.45, 2.75) is 37.5 Å². The summed E-state index contributed by atoms with van der Waals surface area (Å²) in [6, 6.07) is 8.16. The van der Waals surface area contributed by atoms with Gasteiger partial charge in [-0.25, -0.2) is 0 Å². The van der Waals surface area contributed by atoms with E-state index in [0.29, 0.717) is 12.3 Å². The number of hydrogen-bond acceptors (Lipinski definition) is 3. The van der Waals surface area contributed by atoms with Crippen molar-refractivity contribution in [3.05, 3.63) is 34.9 Å². The van der Waals surface area contributed by atoms with Gasteiger partial charge in [0.2, 0.25) is 5.91 Å². The molecule has 0 aromatic heterocycles. The molecule has 3 N–H and O–H groups in total. The van der Waals surface area contributed by atoms with Crippen LogP contribution in [-0.4, -0.2) is 56.7 Å². The Morgan fingerprint density at radius 2 is 2.21 bits per heavy atom. The van der Waals surface area contributed by atoms with Gasteiger partial charge in [0, 0.05) is 56.8 Å². The van der Waals surface area contributed by atoms with E-state index in [1.807, 2.05) is 19.2 Å². The number of nitrogens with zero attached hydrogens (tertiary/aromatic N) is 2. The average Bonchev–Trinajstić information content (AvgIpc) is 2.69. The summed E-state index contributed by atoms with van der Waals surface area (Å²) in [7, 11) is 1.82. The van der Waals surface area contributed by atoms with Gasteiger partial charge in [-0.1, -0.05) is 23.7 Å². The fourth-order valence-electron chi connectivity index (χ4n) is 4.44. The van der Waals surface area contributed by atoms with Crippen LogP contribution in [0.3, 0.4) is 0 Å². The van der Waals surface area contributed by atoms with Gasteiger partial charge >= 0.3 is 0 Å². The van der Waals surface area contributed by atoms with E-state index in [4.69, 9.17) is 22.1 Å². The Morgan fingerprint density at radius 1 is 1.43 bits per heavy atom. The smallest absolute Gasteiger partial charge is 0.217 e. The topological polar surface area (TPSA) is 80.0 Å². The molecule has 0 bridgehead atoms. The van der Waals surface area contributed by atoms with Crippen LogP contribution in [0.25, 0.3) is 0 Å². The predicted molar refractivity (Wildman–Crippen MR) is 113 cm³/mol. The Kier molecular flexibility index (Phi) is 7.18. The lowest BCUT2D eigenvalue weighted by Gasteiger charge is -2.40. The third kappa shape index (κ3) is 5.17. The standard InChI is InChI=1S/C21H31ClN4O2/c1-24-20(26-9-3-4-16(14-26)12-19(23)27)25-15-21(7-10-28-11-8-21)17-5-2-6-18(22)13-17/h2,5-6,13,16H,3-4,7-12,14-15H2,1H3,(H2,23,27)(H,24,25). The zero-order chi connectivity index (χ0) is 20.0. The second kappa shape index (κ2) is 9.61. The first kappa shape index (κ1) is 20.9. The van der Waals surface area contributed by atoms with E-state index in [2.05, 4.69) is 27.3 Å². The molecule has 0 saturated carbocycles. The first-order chi connectivity index (χ1) is 13.5. The number of amides is 1. The van der Waals surface area contributed by atoms with Crippen molar-refractivity contribution in [1.29, 1.82) is 0 Å².